The summed E-state index contributed by atoms with van der Waals surface area (Å²) in [6.45, 7) is 3.71. The second-order valence-electron chi connectivity index (χ2n) is 7.89. The van der Waals surface area contributed by atoms with Gasteiger partial charge < -0.3 is 15.7 Å². The van der Waals surface area contributed by atoms with Gasteiger partial charge >= 0.3 is 0 Å². The maximum Gasteiger partial charge on any atom is 0.245 e. The predicted molar refractivity (Wildman–Crippen MR) is 118 cm³/mol. The number of nitrogens with two attached hydrogens (primary N) is 1. The molecular weight excluding hydrogens is 408 g/mol. The van der Waals surface area contributed by atoms with E-state index in [0.29, 0.717) is 35.0 Å². The summed E-state index contributed by atoms with van der Waals surface area (Å²) in [5.74, 6) is 0.245. The van der Waals surface area contributed by atoms with Crippen molar-refractivity contribution in [1.82, 2.24) is 0 Å². The van der Waals surface area contributed by atoms with Crippen LogP contribution in [-0.2, 0) is 11.3 Å². The third-order valence-electron chi connectivity index (χ3n) is 4.79. The minimum Gasteiger partial charge on any atom is -0.390 e. The van der Waals surface area contributed by atoms with Gasteiger partial charge in [-0.15, -0.1) is 11.8 Å². The Morgan fingerprint density at radius 3 is 2.62 bits per heavy atom. The van der Waals surface area contributed by atoms with Crippen molar-refractivity contribution in [1.29, 1.82) is 0 Å². The Bertz CT molecular complexity index is 909. The van der Waals surface area contributed by atoms with Crippen LogP contribution in [0.2, 0.25) is 5.02 Å². The molecule has 0 saturated carbocycles. The lowest BCUT2D eigenvalue weighted by Crippen LogP contribution is -2.44. The fourth-order valence-electron chi connectivity index (χ4n) is 3.09. The molecule has 1 atom stereocenters. The topological polar surface area (TPSA) is 83.6 Å². The Balaban J connectivity index is 1.93. The molecule has 0 aromatic heterocycles. The lowest BCUT2D eigenvalue weighted by molar-refractivity contribution is -0.119. The number of aliphatic hydroxyl groups is 1. The summed E-state index contributed by atoms with van der Waals surface area (Å²) in [6.07, 6.45) is 0.607. The van der Waals surface area contributed by atoms with Crippen LogP contribution in [0.4, 0.5) is 5.69 Å². The Morgan fingerprint density at radius 1 is 1.28 bits per heavy atom. The molecule has 1 heterocycles. The monoisotopic (exact) mass is 432 g/mol. The van der Waals surface area contributed by atoms with Crippen molar-refractivity contribution in [3.8, 4) is 0 Å². The van der Waals surface area contributed by atoms with Crippen LogP contribution in [0, 0.1) is 0 Å². The van der Waals surface area contributed by atoms with Gasteiger partial charge in [-0.05, 0) is 50.1 Å². The Labute approximate surface area is 180 Å². The molecule has 3 rings (SSSR count). The number of rotatable bonds is 6. The number of benzene rings is 2. The molecule has 0 aliphatic carbocycles. The molecule has 5 nitrogen and oxygen atoms in total. The first-order valence-corrected chi connectivity index (χ1v) is 10.8. The van der Waals surface area contributed by atoms with Crippen LogP contribution < -0.4 is 10.6 Å². The SMILES string of the molecule is CC(C)(O)CCC(=O)c1ccc2c(c1)N(Cc1ccc(Cl)cc1)C(=O)[C@@H](N)CS2. The van der Waals surface area contributed by atoms with Crippen molar-refractivity contribution in [3.63, 3.8) is 0 Å². The summed E-state index contributed by atoms with van der Waals surface area (Å²) >= 11 is 7.49. The first kappa shape index (κ1) is 21.8. The second kappa shape index (κ2) is 8.88. The number of ketones is 1. The van der Waals surface area contributed by atoms with E-state index in [0.717, 1.165) is 10.5 Å². The van der Waals surface area contributed by atoms with Gasteiger partial charge in [0, 0.05) is 27.7 Å². The van der Waals surface area contributed by atoms with E-state index in [1.165, 1.54) is 11.8 Å². The number of carbonyl (C=O) groups is 2. The lowest BCUT2D eigenvalue weighted by Gasteiger charge is -2.25. The fraction of sp³-hybridized carbons (Fsp3) is 0.364. The summed E-state index contributed by atoms with van der Waals surface area (Å²) in [4.78, 5) is 28.2. The highest BCUT2D eigenvalue weighted by molar-refractivity contribution is 7.99. The number of carbonyl (C=O) groups excluding carboxylic acids is 2. The van der Waals surface area contributed by atoms with Gasteiger partial charge in [0.05, 0.1) is 23.9 Å². The Hall–Kier alpha value is -1.86. The molecule has 29 heavy (non-hydrogen) atoms. The van der Waals surface area contributed by atoms with Crippen LogP contribution in [0.5, 0.6) is 0 Å². The van der Waals surface area contributed by atoms with Gasteiger partial charge in [0.25, 0.3) is 0 Å². The maximum absolute atomic E-state index is 13.0. The Kier molecular flexibility index (Phi) is 6.69. The molecule has 0 saturated heterocycles. The number of hydrogen-bond donors (Lipinski definition) is 2. The van der Waals surface area contributed by atoms with E-state index in [4.69, 9.17) is 17.3 Å². The fourth-order valence-corrected chi connectivity index (χ4v) is 4.20. The van der Waals surface area contributed by atoms with Gasteiger partial charge in [-0.1, -0.05) is 29.8 Å². The molecule has 2 aromatic carbocycles. The quantitative estimate of drug-likeness (QED) is 0.673. The minimum absolute atomic E-state index is 0.0626. The van der Waals surface area contributed by atoms with E-state index >= 15 is 0 Å². The molecule has 0 unspecified atom stereocenters. The van der Waals surface area contributed by atoms with E-state index in [1.54, 1.807) is 43.0 Å². The van der Waals surface area contributed by atoms with E-state index < -0.39 is 11.6 Å². The molecule has 154 valence electrons. The van der Waals surface area contributed by atoms with Crippen LogP contribution in [-0.4, -0.2) is 34.2 Å². The van der Waals surface area contributed by atoms with Crippen molar-refractivity contribution in [2.45, 2.75) is 49.8 Å². The number of thioether (sulfide) groups is 1. The van der Waals surface area contributed by atoms with Crippen LogP contribution in [0.3, 0.4) is 0 Å². The number of anilines is 1. The average molecular weight is 433 g/mol. The van der Waals surface area contributed by atoms with Gasteiger partial charge in [-0.2, -0.15) is 0 Å². The first-order valence-electron chi connectivity index (χ1n) is 9.48. The van der Waals surface area contributed by atoms with Crippen molar-refractivity contribution < 1.29 is 14.7 Å². The highest BCUT2D eigenvalue weighted by atomic mass is 35.5. The number of fused-ring (bicyclic) bond motifs is 1. The zero-order valence-corrected chi connectivity index (χ0v) is 18.1. The van der Waals surface area contributed by atoms with Crippen molar-refractivity contribution >= 4 is 40.7 Å². The Morgan fingerprint density at radius 2 is 1.97 bits per heavy atom. The highest BCUT2D eigenvalue weighted by Gasteiger charge is 2.29. The highest BCUT2D eigenvalue weighted by Crippen LogP contribution is 2.36. The van der Waals surface area contributed by atoms with Crippen LogP contribution >= 0.6 is 23.4 Å². The summed E-state index contributed by atoms with van der Waals surface area (Å²) in [5, 5.41) is 10.5. The summed E-state index contributed by atoms with van der Waals surface area (Å²) in [6, 6.07) is 12.1. The van der Waals surface area contributed by atoms with E-state index in [9.17, 15) is 14.7 Å². The maximum atomic E-state index is 13.0. The van der Waals surface area contributed by atoms with Crippen molar-refractivity contribution in [2.75, 3.05) is 10.7 Å². The summed E-state index contributed by atoms with van der Waals surface area (Å²) < 4.78 is 0. The van der Waals surface area contributed by atoms with Crippen LogP contribution in [0.15, 0.2) is 47.4 Å². The standard InChI is InChI=1S/C22H25ClN2O3S/c1-22(2,28)10-9-19(26)15-5-8-20-18(11-15)25(21(27)17(24)13-29-20)12-14-3-6-16(23)7-4-14/h3-8,11,17,28H,9-10,12-13,24H2,1-2H3/t17-/m0/s1. The number of halogens is 1. The van der Waals surface area contributed by atoms with Crippen LogP contribution in [0.25, 0.3) is 0 Å². The van der Waals surface area contributed by atoms with E-state index in [2.05, 4.69) is 0 Å². The molecule has 0 fully saturated rings. The molecule has 0 radical (unpaired) electrons. The predicted octanol–water partition coefficient (Wildman–Crippen LogP) is 4.04. The van der Waals surface area contributed by atoms with Crippen molar-refractivity contribution in [2.24, 2.45) is 5.73 Å². The molecule has 7 heteroatoms. The van der Waals surface area contributed by atoms with Gasteiger partial charge in [0.1, 0.15) is 0 Å². The molecule has 1 aliphatic heterocycles. The number of amides is 1. The van der Waals surface area contributed by atoms with Gasteiger partial charge in [-0.25, -0.2) is 0 Å². The second-order valence-corrected chi connectivity index (χ2v) is 9.38. The minimum atomic E-state index is -0.902. The summed E-state index contributed by atoms with van der Waals surface area (Å²) in [5.41, 5.74) is 7.33. The third-order valence-corrected chi connectivity index (χ3v) is 6.23. The van der Waals surface area contributed by atoms with E-state index in [1.807, 2.05) is 18.2 Å². The molecule has 2 aromatic rings. The molecule has 3 N–H and O–H groups in total. The summed E-state index contributed by atoms with van der Waals surface area (Å²) in [7, 11) is 0. The normalized spacial score (nSPS) is 17.1. The zero-order chi connectivity index (χ0) is 21.2. The van der Waals surface area contributed by atoms with Gasteiger partial charge in [0.2, 0.25) is 5.91 Å². The smallest absolute Gasteiger partial charge is 0.245 e. The first-order chi connectivity index (χ1) is 13.6. The van der Waals surface area contributed by atoms with Gasteiger partial charge in [0.15, 0.2) is 5.78 Å². The zero-order valence-electron chi connectivity index (χ0n) is 16.5. The van der Waals surface area contributed by atoms with Crippen molar-refractivity contribution in [3.05, 3.63) is 58.6 Å². The lowest BCUT2D eigenvalue weighted by atomic mass is 9.97. The molecule has 0 bridgehead atoms. The average Bonchev–Trinajstić information content (AvgIpc) is 2.79. The van der Waals surface area contributed by atoms with E-state index in [-0.39, 0.29) is 18.1 Å². The molecule has 0 spiro atoms. The number of Topliss-reactive ketones (excluding diaryl/α,β-unsaturated/α-hetero) is 1. The molecular formula is C22H25ClN2O3S. The molecule has 1 amide bonds. The number of hydrogen-bond acceptors (Lipinski definition) is 5. The van der Waals surface area contributed by atoms with Crippen LogP contribution in [0.1, 0.15) is 42.6 Å². The number of nitrogens with zero attached hydrogens (tertiary/aromatic N) is 1. The largest absolute Gasteiger partial charge is 0.390 e. The van der Waals surface area contributed by atoms with Gasteiger partial charge in [-0.3, -0.25) is 9.59 Å². The molecule has 1 aliphatic rings. The third kappa shape index (κ3) is 5.60.